The Balaban J connectivity index is 1.63. The van der Waals surface area contributed by atoms with E-state index in [1.54, 1.807) is 29.5 Å². The third-order valence-corrected chi connectivity index (χ3v) is 5.81. The number of amides is 2. The maximum Gasteiger partial charge on any atom is 0.328 e. The highest BCUT2D eigenvalue weighted by atomic mass is 16.5. The van der Waals surface area contributed by atoms with Gasteiger partial charge in [0.2, 0.25) is 0 Å². The van der Waals surface area contributed by atoms with Gasteiger partial charge in [0.05, 0.1) is 35.9 Å². The number of methoxy groups -OCH3 is 1. The summed E-state index contributed by atoms with van der Waals surface area (Å²) in [5.74, 6) is 0. The summed E-state index contributed by atoms with van der Waals surface area (Å²) in [7, 11) is 7.30. The van der Waals surface area contributed by atoms with Gasteiger partial charge in [-0.1, -0.05) is 18.2 Å². The van der Waals surface area contributed by atoms with E-state index in [-0.39, 0.29) is 11.7 Å². The van der Waals surface area contributed by atoms with Gasteiger partial charge in [0, 0.05) is 38.3 Å². The topological polar surface area (TPSA) is 93.4 Å². The summed E-state index contributed by atoms with van der Waals surface area (Å²) in [5, 5.41) is 6.60. The molecule has 178 valence electrons. The lowest BCUT2D eigenvalue weighted by Crippen LogP contribution is -2.34. The van der Waals surface area contributed by atoms with Crippen LogP contribution < -0.4 is 16.3 Å². The number of benzene rings is 2. The van der Waals surface area contributed by atoms with E-state index in [0.29, 0.717) is 25.4 Å². The van der Waals surface area contributed by atoms with Crippen LogP contribution in [-0.2, 0) is 18.3 Å². The van der Waals surface area contributed by atoms with E-state index in [0.717, 1.165) is 39.6 Å². The molecular formula is C25H30N6O3. The SMILES string of the molecule is COCCn1c(=O)n(C)c2cnc3ccc(-c4ccc(NC(=O)NCCN(C)C)cc4)cc3c21. The van der Waals surface area contributed by atoms with Crippen LogP contribution in [0.4, 0.5) is 10.5 Å². The first kappa shape index (κ1) is 23.5. The van der Waals surface area contributed by atoms with Crippen LogP contribution in [0.15, 0.2) is 53.5 Å². The second kappa shape index (κ2) is 10.1. The molecule has 9 nitrogen and oxygen atoms in total. The molecular weight excluding hydrogens is 432 g/mol. The first-order valence-electron chi connectivity index (χ1n) is 11.2. The number of aryl methyl sites for hydroxylation is 1. The number of nitrogens with one attached hydrogen (secondary N) is 2. The number of likely N-dealkylation sites (N-methyl/N-ethyl adjacent to an activating group) is 1. The summed E-state index contributed by atoms with van der Waals surface area (Å²) in [5.41, 5.74) is 5.08. The standard InChI is InChI=1S/C25H30N6O3/c1-29(2)12-11-26-24(32)28-19-8-5-17(6-9-19)18-7-10-21-20(15-18)23-22(16-27-21)30(3)25(33)31(23)13-14-34-4/h5-10,15-16H,11-14H2,1-4H3,(H2,26,28,32). The molecule has 0 saturated carbocycles. The van der Waals surface area contributed by atoms with E-state index in [1.807, 2.05) is 55.4 Å². The first-order valence-corrected chi connectivity index (χ1v) is 11.2. The second-order valence-electron chi connectivity index (χ2n) is 8.47. The number of urea groups is 1. The van der Waals surface area contributed by atoms with Crippen LogP contribution >= 0.6 is 0 Å². The van der Waals surface area contributed by atoms with E-state index >= 15 is 0 Å². The average Bonchev–Trinajstić information content (AvgIpc) is 3.07. The largest absolute Gasteiger partial charge is 0.383 e. The fourth-order valence-electron chi connectivity index (χ4n) is 3.96. The highest BCUT2D eigenvalue weighted by Crippen LogP contribution is 2.29. The minimum Gasteiger partial charge on any atom is -0.383 e. The van der Waals surface area contributed by atoms with Gasteiger partial charge in [-0.3, -0.25) is 14.1 Å². The maximum absolute atomic E-state index is 12.8. The fourth-order valence-corrected chi connectivity index (χ4v) is 3.96. The van der Waals surface area contributed by atoms with Gasteiger partial charge in [0.15, 0.2) is 0 Å². The van der Waals surface area contributed by atoms with Crippen LogP contribution in [0.25, 0.3) is 33.1 Å². The number of rotatable bonds is 8. The Labute approximate surface area is 198 Å². The molecule has 0 unspecified atom stereocenters. The lowest BCUT2D eigenvalue weighted by molar-refractivity contribution is 0.187. The smallest absolute Gasteiger partial charge is 0.328 e. The predicted octanol–water partition coefficient (Wildman–Crippen LogP) is 2.88. The van der Waals surface area contributed by atoms with Crippen LogP contribution in [0.2, 0.25) is 0 Å². The third kappa shape index (κ3) is 4.80. The Bertz CT molecular complexity index is 1370. The molecule has 2 N–H and O–H groups in total. The van der Waals surface area contributed by atoms with Crippen molar-refractivity contribution >= 4 is 33.7 Å². The molecule has 2 aromatic heterocycles. The number of aromatic nitrogens is 3. The molecule has 4 aromatic rings. The summed E-state index contributed by atoms with van der Waals surface area (Å²) in [6.07, 6.45) is 1.74. The van der Waals surface area contributed by atoms with Crippen molar-refractivity contribution in [3.8, 4) is 11.1 Å². The zero-order valence-corrected chi connectivity index (χ0v) is 20.0. The minimum atomic E-state index is -0.230. The monoisotopic (exact) mass is 462 g/mol. The first-order chi connectivity index (χ1) is 16.4. The van der Waals surface area contributed by atoms with E-state index in [2.05, 4.69) is 21.7 Å². The van der Waals surface area contributed by atoms with Crippen molar-refractivity contribution < 1.29 is 9.53 Å². The lowest BCUT2D eigenvalue weighted by atomic mass is 10.0. The van der Waals surface area contributed by atoms with E-state index < -0.39 is 0 Å². The summed E-state index contributed by atoms with van der Waals surface area (Å²) < 4.78 is 8.58. The quantitative estimate of drug-likeness (QED) is 0.420. The van der Waals surface area contributed by atoms with Crippen molar-refractivity contribution in [1.29, 1.82) is 0 Å². The molecule has 0 aliphatic heterocycles. The van der Waals surface area contributed by atoms with Crippen LogP contribution in [0.3, 0.4) is 0 Å². The molecule has 0 aliphatic carbocycles. The Hall–Kier alpha value is -3.69. The lowest BCUT2D eigenvalue weighted by Gasteiger charge is -2.12. The molecule has 34 heavy (non-hydrogen) atoms. The fraction of sp³-hybridized carbons (Fsp3) is 0.320. The predicted molar refractivity (Wildman–Crippen MR) is 135 cm³/mol. The number of anilines is 1. The summed E-state index contributed by atoms with van der Waals surface area (Å²) in [6, 6.07) is 13.5. The van der Waals surface area contributed by atoms with Crippen molar-refractivity contribution in [2.75, 3.05) is 46.2 Å². The van der Waals surface area contributed by atoms with Gasteiger partial charge < -0.3 is 20.3 Å². The molecule has 0 bridgehead atoms. The Morgan fingerprint density at radius 1 is 1.12 bits per heavy atom. The van der Waals surface area contributed by atoms with Crippen molar-refractivity contribution in [2.45, 2.75) is 6.54 Å². The van der Waals surface area contributed by atoms with Gasteiger partial charge >= 0.3 is 11.7 Å². The van der Waals surface area contributed by atoms with Crippen molar-refractivity contribution in [3.05, 3.63) is 59.1 Å². The highest BCUT2D eigenvalue weighted by Gasteiger charge is 2.15. The van der Waals surface area contributed by atoms with Gasteiger partial charge in [-0.25, -0.2) is 9.59 Å². The molecule has 0 saturated heterocycles. The number of fused-ring (bicyclic) bond motifs is 3. The Kier molecular flexibility index (Phi) is 6.95. The Morgan fingerprint density at radius 3 is 2.56 bits per heavy atom. The van der Waals surface area contributed by atoms with E-state index in [4.69, 9.17) is 4.74 Å². The van der Waals surface area contributed by atoms with Gasteiger partial charge in [-0.2, -0.15) is 0 Å². The average molecular weight is 463 g/mol. The number of imidazole rings is 1. The number of carbonyl (C=O) groups excluding carboxylic acids is 1. The van der Waals surface area contributed by atoms with Crippen molar-refractivity contribution in [1.82, 2.24) is 24.3 Å². The van der Waals surface area contributed by atoms with Crippen LogP contribution in [0.5, 0.6) is 0 Å². The van der Waals surface area contributed by atoms with E-state index in [1.165, 1.54) is 0 Å². The number of hydrogen-bond donors (Lipinski definition) is 2. The van der Waals surface area contributed by atoms with Crippen molar-refractivity contribution in [2.24, 2.45) is 7.05 Å². The molecule has 0 spiro atoms. The normalized spacial score (nSPS) is 11.4. The number of ether oxygens (including phenoxy) is 1. The molecule has 0 radical (unpaired) electrons. The molecule has 2 aromatic carbocycles. The number of carbonyl (C=O) groups is 1. The molecule has 9 heteroatoms. The maximum atomic E-state index is 12.8. The van der Waals surface area contributed by atoms with Crippen LogP contribution in [0.1, 0.15) is 0 Å². The summed E-state index contributed by atoms with van der Waals surface area (Å²) in [6.45, 7) is 2.26. The summed E-state index contributed by atoms with van der Waals surface area (Å²) in [4.78, 5) is 31.5. The van der Waals surface area contributed by atoms with Gasteiger partial charge in [-0.05, 0) is 49.5 Å². The minimum absolute atomic E-state index is 0.0916. The molecule has 0 atom stereocenters. The third-order valence-electron chi connectivity index (χ3n) is 5.81. The number of nitrogens with zero attached hydrogens (tertiary/aromatic N) is 4. The Morgan fingerprint density at radius 2 is 1.85 bits per heavy atom. The molecule has 0 fully saturated rings. The number of pyridine rings is 1. The second-order valence-corrected chi connectivity index (χ2v) is 8.47. The molecule has 0 aliphatic rings. The van der Waals surface area contributed by atoms with Gasteiger partial charge in [-0.15, -0.1) is 0 Å². The van der Waals surface area contributed by atoms with E-state index in [9.17, 15) is 9.59 Å². The van der Waals surface area contributed by atoms with Gasteiger partial charge in [0.25, 0.3) is 0 Å². The van der Waals surface area contributed by atoms with Crippen LogP contribution in [0, 0.1) is 0 Å². The molecule has 2 amide bonds. The van der Waals surface area contributed by atoms with Crippen LogP contribution in [-0.4, -0.2) is 66.0 Å². The number of hydrogen-bond acceptors (Lipinski definition) is 5. The zero-order chi connectivity index (χ0) is 24.2. The highest BCUT2D eigenvalue weighted by molar-refractivity contribution is 6.04. The zero-order valence-electron chi connectivity index (χ0n) is 20.0. The molecule has 4 rings (SSSR count). The van der Waals surface area contributed by atoms with Gasteiger partial charge in [0.1, 0.15) is 0 Å². The summed E-state index contributed by atoms with van der Waals surface area (Å²) >= 11 is 0. The molecule has 2 heterocycles. The van der Waals surface area contributed by atoms with Crippen molar-refractivity contribution in [3.63, 3.8) is 0 Å².